The number of aromatic nitrogens is 2. The predicted octanol–water partition coefficient (Wildman–Crippen LogP) is 3.41. The maximum absolute atomic E-state index is 12.2. The minimum Gasteiger partial charge on any atom is -0.393 e. The number of rotatable bonds is 5. The second kappa shape index (κ2) is 7.70. The zero-order chi connectivity index (χ0) is 17.8. The Balaban J connectivity index is 1.66. The molecule has 1 fully saturated rings. The Morgan fingerprint density at radius 3 is 2.72 bits per heavy atom. The minimum absolute atomic E-state index is 0.137. The number of nitrogens with one attached hydrogen (secondary N) is 2. The third-order valence-corrected chi connectivity index (χ3v) is 4.60. The summed E-state index contributed by atoms with van der Waals surface area (Å²) in [5.41, 5.74) is 1.86. The standard InChI is InChI=1S/C19H26N4O2/c1-13(2)23-18(11-17(22-23)15-6-4-3-5-7-15)21-19(25)20-12-14-8-9-16(24)10-14/h3-7,11,13-14,16,24H,8-10,12H2,1-2H3,(H2,20,21,25)/t14-,16+/m1/s1. The molecular formula is C19H26N4O2. The highest BCUT2D eigenvalue weighted by molar-refractivity contribution is 5.89. The van der Waals surface area contributed by atoms with Crippen molar-refractivity contribution < 1.29 is 9.90 Å². The van der Waals surface area contributed by atoms with Crippen molar-refractivity contribution in [3.63, 3.8) is 0 Å². The van der Waals surface area contributed by atoms with Crippen LogP contribution >= 0.6 is 0 Å². The number of urea groups is 1. The maximum atomic E-state index is 12.2. The van der Waals surface area contributed by atoms with E-state index in [0.717, 1.165) is 30.5 Å². The van der Waals surface area contributed by atoms with Crippen LogP contribution in [0.3, 0.4) is 0 Å². The van der Waals surface area contributed by atoms with Crippen molar-refractivity contribution in [2.24, 2.45) is 5.92 Å². The summed E-state index contributed by atoms with van der Waals surface area (Å²) in [6, 6.07) is 11.7. The Morgan fingerprint density at radius 2 is 2.08 bits per heavy atom. The predicted molar refractivity (Wildman–Crippen MR) is 98.4 cm³/mol. The highest BCUT2D eigenvalue weighted by Crippen LogP contribution is 2.25. The molecule has 3 rings (SSSR count). The SMILES string of the molecule is CC(C)n1nc(-c2ccccc2)cc1NC(=O)NC[C@@H]1CC[C@H](O)C1. The lowest BCUT2D eigenvalue weighted by Crippen LogP contribution is -2.33. The summed E-state index contributed by atoms with van der Waals surface area (Å²) < 4.78 is 1.82. The van der Waals surface area contributed by atoms with Gasteiger partial charge in [-0.3, -0.25) is 5.32 Å². The fourth-order valence-electron chi connectivity index (χ4n) is 3.26. The van der Waals surface area contributed by atoms with Gasteiger partial charge in [0.2, 0.25) is 0 Å². The number of nitrogens with zero attached hydrogens (tertiary/aromatic N) is 2. The lowest BCUT2D eigenvalue weighted by Gasteiger charge is -2.14. The zero-order valence-corrected chi connectivity index (χ0v) is 14.8. The molecule has 1 aromatic carbocycles. The number of carbonyl (C=O) groups is 1. The molecule has 134 valence electrons. The van der Waals surface area contributed by atoms with Gasteiger partial charge < -0.3 is 10.4 Å². The van der Waals surface area contributed by atoms with Gasteiger partial charge in [-0.25, -0.2) is 9.48 Å². The number of aliphatic hydroxyl groups is 1. The Hall–Kier alpha value is -2.34. The van der Waals surface area contributed by atoms with Crippen LogP contribution in [0.15, 0.2) is 36.4 Å². The molecule has 1 heterocycles. The van der Waals surface area contributed by atoms with Gasteiger partial charge in [0.1, 0.15) is 5.82 Å². The number of hydrogen-bond donors (Lipinski definition) is 3. The molecule has 2 aromatic rings. The first-order chi connectivity index (χ1) is 12.0. The van der Waals surface area contributed by atoms with E-state index >= 15 is 0 Å². The van der Waals surface area contributed by atoms with Crippen LogP contribution in [-0.2, 0) is 0 Å². The van der Waals surface area contributed by atoms with Gasteiger partial charge in [0.05, 0.1) is 11.8 Å². The zero-order valence-electron chi connectivity index (χ0n) is 14.8. The molecule has 0 bridgehead atoms. The maximum Gasteiger partial charge on any atom is 0.320 e. The molecule has 0 radical (unpaired) electrons. The van der Waals surface area contributed by atoms with Crippen molar-refractivity contribution >= 4 is 11.8 Å². The summed E-state index contributed by atoms with van der Waals surface area (Å²) in [6.07, 6.45) is 2.34. The average Bonchev–Trinajstić information content (AvgIpc) is 3.20. The van der Waals surface area contributed by atoms with Crippen molar-refractivity contribution in [2.45, 2.75) is 45.3 Å². The van der Waals surface area contributed by atoms with Crippen molar-refractivity contribution in [2.75, 3.05) is 11.9 Å². The van der Waals surface area contributed by atoms with Crippen molar-refractivity contribution in [3.8, 4) is 11.3 Å². The monoisotopic (exact) mass is 342 g/mol. The van der Waals surface area contributed by atoms with Crippen LogP contribution in [-0.4, -0.2) is 33.6 Å². The van der Waals surface area contributed by atoms with E-state index in [0.29, 0.717) is 18.3 Å². The summed E-state index contributed by atoms with van der Waals surface area (Å²) >= 11 is 0. The molecule has 0 spiro atoms. The molecule has 3 N–H and O–H groups in total. The molecule has 2 amide bonds. The van der Waals surface area contributed by atoms with Crippen LogP contribution < -0.4 is 10.6 Å². The quantitative estimate of drug-likeness (QED) is 0.779. The third kappa shape index (κ3) is 4.39. The molecule has 6 nitrogen and oxygen atoms in total. The van der Waals surface area contributed by atoms with E-state index < -0.39 is 0 Å². The Labute approximate surface area is 148 Å². The molecule has 1 aliphatic rings. The molecule has 2 atom stereocenters. The number of amides is 2. The first-order valence-corrected chi connectivity index (χ1v) is 8.91. The summed E-state index contributed by atoms with van der Waals surface area (Å²) in [4.78, 5) is 12.2. The van der Waals surface area contributed by atoms with Gasteiger partial charge in [-0.05, 0) is 39.0 Å². The van der Waals surface area contributed by atoms with Gasteiger partial charge in [-0.2, -0.15) is 5.10 Å². The summed E-state index contributed by atoms with van der Waals surface area (Å²) in [7, 11) is 0. The van der Waals surface area contributed by atoms with E-state index in [2.05, 4.69) is 15.7 Å². The lowest BCUT2D eigenvalue weighted by molar-refractivity contribution is 0.177. The van der Waals surface area contributed by atoms with Gasteiger partial charge >= 0.3 is 6.03 Å². The molecule has 0 aliphatic heterocycles. The number of anilines is 1. The minimum atomic E-state index is -0.234. The second-order valence-electron chi connectivity index (χ2n) is 6.99. The van der Waals surface area contributed by atoms with E-state index in [1.54, 1.807) is 0 Å². The number of carbonyl (C=O) groups excluding carboxylic acids is 1. The Kier molecular flexibility index (Phi) is 5.38. The van der Waals surface area contributed by atoms with Crippen LogP contribution in [0.4, 0.5) is 10.6 Å². The van der Waals surface area contributed by atoms with Gasteiger partial charge in [0.15, 0.2) is 0 Å². The number of aliphatic hydroxyl groups excluding tert-OH is 1. The van der Waals surface area contributed by atoms with Crippen molar-refractivity contribution in [3.05, 3.63) is 36.4 Å². The summed E-state index contributed by atoms with van der Waals surface area (Å²) in [5.74, 6) is 1.04. The molecule has 25 heavy (non-hydrogen) atoms. The van der Waals surface area contributed by atoms with Crippen LogP contribution in [0.25, 0.3) is 11.3 Å². The molecular weight excluding hydrogens is 316 g/mol. The highest BCUT2D eigenvalue weighted by Gasteiger charge is 2.23. The van der Waals surface area contributed by atoms with Crippen LogP contribution in [0, 0.1) is 5.92 Å². The number of benzene rings is 1. The van der Waals surface area contributed by atoms with E-state index in [1.165, 1.54) is 0 Å². The van der Waals surface area contributed by atoms with E-state index in [1.807, 2.05) is 54.9 Å². The van der Waals surface area contributed by atoms with Crippen molar-refractivity contribution in [1.29, 1.82) is 0 Å². The van der Waals surface area contributed by atoms with Crippen molar-refractivity contribution in [1.82, 2.24) is 15.1 Å². The summed E-state index contributed by atoms with van der Waals surface area (Å²) in [6.45, 7) is 4.65. The Bertz CT molecular complexity index is 711. The van der Waals surface area contributed by atoms with E-state index in [4.69, 9.17) is 0 Å². The van der Waals surface area contributed by atoms with E-state index in [-0.39, 0.29) is 18.2 Å². The molecule has 0 saturated heterocycles. The van der Waals surface area contributed by atoms with Gasteiger partial charge in [0.25, 0.3) is 0 Å². The average molecular weight is 342 g/mol. The first-order valence-electron chi connectivity index (χ1n) is 8.91. The highest BCUT2D eigenvalue weighted by atomic mass is 16.3. The number of hydrogen-bond acceptors (Lipinski definition) is 3. The van der Waals surface area contributed by atoms with Gasteiger partial charge in [-0.15, -0.1) is 0 Å². The normalized spacial score (nSPS) is 20.0. The Morgan fingerprint density at radius 1 is 1.32 bits per heavy atom. The largest absolute Gasteiger partial charge is 0.393 e. The third-order valence-electron chi connectivity index (χ3n) is 4.60. The van der Waals surface area contributed by atoms with Crippen LogP contribution in [0.1, 0.15) is 39.2 Å². The summed E-state index contributed by atoms with van der Waals surface area (Å²) in [5, 5.41) is 20.0. The topological polar surface area (TPSA) is 79.2 Å². The molecule has 1 saturated carbocycles. The molecule has 6 heteroatoms. The van der Waals surface area contributed by atoms with Gasteiger partial charge in [0, 0.05) is 24.2 Å². The fraction of sp³-hybridized carbons (Fsp3) is 0.474. The smallest absolute Gasteiger partial charge is 0.320 e. The van der Waals surface area contributed by atoms with Crippen LogP contribution in [0.2, 0.25) is 0 Å². The molecule has 1 aromatic heterocycles. The van der Waals surface area contributed by atoms with E-state index in [9.17, 15) is 9.90 Å². The first kappa shape index (κ1) is 17.5. The van der Waals surface area contributed by atoms with Crippen LogP contribution in [0.5, 0.6) is 0 Å². The lowest BCUT2D eigenvalue weighted by atomic mass is 10.1. The molecule has 1 aliphatic carbocycles. The van der Waals surface area contributed by atoms with Gasteiger partial charge in [-0.1, -0.05) is 30.3 Å². The second-order valence-corrected chi connectivity index (χ2v) is 6.99. The fourth-order valence-corrected chi connectivity index (χ4v) is 3.26. The molecule has 0 unspecified atom stereocenters.